The molecular formula is C5H11BrO. The summed E-state index contributed by atoms with van der Waals surface area (Å²) in [5.74, 6) is 0. The van der Waals surface area contributed by atoms with Crippen molar-refractivity contribution in [1.82, 2.24) is 0 Å². The molecule has 0 amide bonds. The molecule has 0 saturated heterocycles. The van der Waals surface area contributed by atoms with E-state index in [1.807, 2.05) is 0 Å². The van der Waals surface area contributed by atoms with Crippen LogP contribution >= 0.6 is 15.9 Å². The minimum absolute atomic E-state index is 0.285. The third-order valence-corrected chi connectivity index (χ3v) is 1.25. The van der Waals surface area contributed by atoms with E-state index in [-0.39, 0.29) is 5.01 Å². The number of alkyl halides is 1. The normalized spacial score (nSPS) is 14.1. The Hall–Kier alpha value is 0.440. The molecule has 0 aliphatic rings. The molecule has 0 saturated carbocycles. The maximum Gasteiger partial charge on any atom is 0.109 e. The molecule has 0 aliphatic carbocycles. The number of aliphatic hydroxyl groups excluding tert-OH is 1. The van der Waals surface area contributed by atoms with E-state index in [1.54, 1.807) is 0 Å². The van der Waals surface area contributed by atoms with Gasteiger partial charge in [0.1, 0.15) is 5.01 Å². The smallest absolute Gasteiger partial charge is 0.109 e. The first-order chi connectivity index (χ1) is 3.27. The molecule has 0 heterocycles. The molecule has 0 aromatic carbocycles. The molecule has 44 valence electrons. The minimum Gasteiger partial charge on any atom is -0.382 e. The zero-order valence-electron chi connectivity index (χ0n) is 4.52. The van der Waals surface area contributed by atoms with Gasteiger partial charge in [0, 0.05) is 0 Å². The average molecular weight is 167 g/mol. The Kier molecular flexibility index (Phi) is 4.88. The number of aliphatic hydroxyl groups is 1. The van der Waals surface area contributed by atoms with Crippen LogP contribution in [0.25, 0.3) is 0 Å². The molecule has 0 aromatic rings. The van der Waals surface area contributed by atoms with Crippen LogP contribution in [0.2, 0.25) is 0 Å². The summed E-state index contributed by atoms with van der Waals surface area (Å²) in [5.41, 5.74) is 0. The lowest BCUT2D eigenvalue weighted by Gasteiger charge is -1.96. The summed E-state index contributed by atoms with van der Waals surface area (Å²) < 4.78 is 0. The molecule has 0 spiro atoms. The predicted molar refractivity (Wildman–Crippen MR) is 34.5 cm³/mol. The second-order valence-electron chi connectivity index (χ2n) is 1.58. The van der Waals surface area contributed by atoms with E-state index in [0.717, 1.165) is 19.3 Å². The number of unbranched alkanes of at least 4 members (excludes halogenated alkanes) is 1. The van der Waals surface area contributed by atoms with Gasteiger partial charge in [-0.2, -0.15) is 0 Å². The van der Waals surface area contributed by atoms with Crippen molar-refractivity contribution in [3.63, 3.8) is 0 Å². The molecular weight excluding hydrogens is 156 g/mol. The molecule has 1 nitrogen and oxygen atoms in total. The van der Waals surface area contributed by atoms with E-state index in [4.69, 9.17) is 5.11 Å². The second kappa shape index (κ2) is 4.60. The van der Waals surface area contributed by atoms with Gasteiger partial charge in [-0.1, -0.05) is 35.7 Å². The summed E-state index contributed by atoms with van der Waals surface area (Å²) >= 11 is 3.03. The summed E-state index contributed by atoms with van der Waals surface area (Å²) in [7, 11) is 0. The summed E-state index contributed by atoms with van der Waals surface area (Å²) in [5, 5.41) is 8.32. The van der Waals surface area contributed by atoms with Crippen molar-refractivity contribution in [3.05, 3.63) is 0 Å². The molecule has 2 heteroatoms. The summed E-state index contributed by atoms with van der Waals surface area (Å²) in [6.45, 7) is 2.11. The SMILES string of the molecule is CCCC[C@H](O)Br. The van der Waals surface area contributed by atoms with Gasteiger partial charge in [-0.25, -0.2) is 0 Å². The summed E-state index contributed by atoms with van der Waals surface area (Å²) in [4.78, 5) is 0. The molecule has 0 rings (SSSR count). The van der Waals surface area contributed by atoms with Crippen LogP contribution in [-0.2, 0) is 0 Å². The van der Waals surface area contributed by atoms with E-state index in [9.17, 15) is 0 Å². The highest BCUT2D eigenvalue weighted by atomic mass is 79.9. The molecule has 7 heavy (non-hydrogen) atoms. The van der Waals surface area contributed by atoms with Gasteiger partial charge in [-0.3, -0.25) is 0 Å². The van der Waals surface area contributed by atoms with E-state index in [2.05, 4.69) is 22.9 Å². The van der Waals surface area contributed by atoms with Gasteiger partial charge in [0.25, 0.3) is 0 Å². The Balaban J connectivity index is 2.68. The van der Waals surface area contributed by atoms with E-state index >= 15 is 0 Å². The topological polar surface area (TPSA) is 20.2 Å². The number of halogens is 1. The Morgan fingerprint density at radius 1 is 1.71 bits per heavy atom. The van der Waals surface area contributed by atoms with Crippen LogP contribution in [-0.4, -0.2) is 10.1 Å². The van der Waals surface area contributed by atoms with Crippen LogP contribution in [0.5, 0.6) is 0 Å². The van der Waals surface area contributed by atoms with Crippen LogP contribution in [0, 0.1) is 0 Å². The van der Waals surface area contributed by atoms with E-state index in [0.29, 0.717) is 0 Å². The Bertz CT molecular complexity index is 37.1. The van der Waals surface area contributed by atoms with Crippen molar-refractivity contribution in [2.75, 3.05) is 0 Å². The van der Waals surface area contributed by atoms with Crippen molar-refractivity contribution < 1.29 is 5.11 Å². The van der Waals surface area contributed by atoms with Gasteiger partial charge < -0.3 is 5.11 Å². The van der Waals surface area contributed by atoms with Crippen molar-refractivity contribution in [2.24, 2.45) is 0 Å². The van der Waals surface area contributed by atoms with Crippen LogP contribution in [0.4, 0.5) is 0 Å². The standard InChI is InChI=1S/C5H11BrO/c1-2-3-4-5(6)7/h5,7H,2-4H2,1H3/t5-/m0/s1. The first-order valence-electron chi connectivity index (χ1n) is 2.59. The van der Waals surface area contributed by atoms with Crippen LogP contribution < -0.4 is 0 Å². The average Bonchev–Trinajstić information content (AvgIpc) is 1.61. The van der Waals surface area contributed by atoms with Gasteiger partial charge in [0.05, 0.1) is 0 Å². The van der Waals surface area contributed by atoms with Crippen molar-refractivity contribution >= 4 is 15.9 Å². The molecule has 0 unspecified atom stereocenters. The van der Waals surface area contributed by atoms with Crippen LogP contribution in [0.15, 0.2) is 0 Å². The minimum atomic E-state index is -0.285. The summed E-state index contributed by atoms with van der Waals surface area (Å²) in [6.07, 6.45) is 3.13. The number of rotatable bonds is 3. The van der Waals surface area contributed by atoms with Gasteiger partial charge >= 0.3 is 0 Å². The molecule has 0 aromatic heterocycles. The number of hydrogen-bond donors (Lipinski definition) is 1. The molecule has 0 bridgehead atoms. The molecule has 0 aliphatic heterocycles. The molecule has 0 fully saturated rings. The Labute approximate surface area is 52.9 Å². The maximum absolute atomic E-state index is 8.60. The van der Waals surface area contributed by atoms with Crippen LogP contribution in [0.3, 0.4) is 0 Å². The fourth-order valence-electron chi connectivity index (χ4n) is 0.373. The van der Waals surface area contributed by atoms with Gasteiger partial charge in [0.2, 0.25) is 0 Å². The highest BCUT2D eigenvalue weighted by molar-refractivity contribution is 9.09. The summed E-state index contributed by atoms with van der Waals surface area (Å²) in [6, 6.07) is 0. The van der Waals surface area contributed by atoms with Crippen molar-refractivity contribution in [2.45, 2.75) is 31.2 Å². The highest BCUT2D eigenvalue weighted by Gasteiger charge is 1.92. The van der Waals surface area contributed by atoms with Gasteiger partial charge in [-0.15, -0.1) is 0 Å². The lowest BCUT2D eigenvalue weighted by atomic mass is 10.3. The fourth-order valence-corrected chi connectivity index (χ4v) is 0.696. The number of hydrogen-bond acceptors (Lipinski definition) is 1. The van der Waals surface area contributed by atoms with E-state index < -0.39 is 0 Å². The van der Waals surface area contributed by atoms with Gasteiger partial charge in [-0.05, 0) is 6.42 Å². The first kappa shape index (κ1) is 7.44. The Morgan fingerprint density at radius 2 is 2.29 bits per heavy atom. The second-order valence-corrected chi connectivity index (χ2v) is 2.63. The predicted octanol–water partition coefficient (Wildman–Crippen LogP) is 1.89. The third kappa shape index (κ3) is 6.44. The zero-order valence-corrected chi connectivity index (χ0v) is 6.11. The fraction of sp³-hybridized carbons (Fsp3) is 1.00. The third-order valence-electron chi connectivity index (χ3n) is 0.796. The van der Waals surface area contributed by atoms with E-state index in [1.165, 1.54) is 0 Å². The quantitative estimate of drug-likeness (QED) is 0.636. The first-order valence-corrected chi connectivity index (χ1v) is 3.51. The zero-order chi connectivity index (χ0) is 5.70. The lowest BCUT2D eigenvalue weighted by Crippen LogP contribution is -1.92. The molecule has 1 atom stereocenters. The lowest BCUT2D eigenvalue weighted by molar-refractivity contribution is 0.255. The Morgan fingerprint density at radius 3 is 2.43 bits per heavy atom. The molecule has 0 radical (unpaired) electrons. The largest absolute Gasteiger partial charge is 0.382 e. The maximum atomic E-state index is 8.60. The van der Waals surface area contributed by atoms with Crippen molar-refractivity contribution in [3.8, 4) is 0 Å². The van der Waals surface area contributed by atoms with Crippen LogP contribution in [0.1, 0.15) is 26.2 Å². The molecule has 1 N–H and O–H groups in total. The van der Waals surface area contributed by atoms with Crippen molar-refractivity contribution in [1.29, 1.82) is 0 Å². The highest BCUT2D eigenvalue weighted by Crippen LogP contribution is 2.04. The monoisotopic (exact) mass is 166 g/mol. The van der Waals surface area contributed by atoms with Gasteiger partial charge in [0.15, 0.2) is 0 Å².